The molecule has 0 spiro atoms. The summed E-state index contributed by atoms with van der Waals surface area (Å²) < 4.78 is 104. The molecule has 4 aliphatic carbocycles. The van der Waals surface area contributed by atoms with Crippen molar-refractivity contribution in [3.8, 4) is 0 Å². The number of halogens is 6. The maximum absolute atomic E-state index is 13.1. The van der Waals surface area contributed by atoms with Gasteiger partial charge in [0.2, 0.25) is 15.9 Å². The van der Waals surface area contributed by atoms with Gasteiger partial charge in [0.15, 0.2) is 4.75 Å². The van der Waals surface area contributed by atoms with Crippen LogP contribution in [0.4, 0.5) is 32.0 Å². The van der Waals surface area contributed by atoms with E-state index in [9.17, 15) is 39.6 Å². The Hall–Kier alpha value is -1.98. The van der Waals surface area contributed by atoms with Crippen LogP contribution >= 0.6 is 0 Å². The van der Waals surface area contributed by atoms with Gasteiger partial charge in [-0.25, -0.2) is 8.42 Å². The van der Waals surface area contributed by atoms with E-state index in [0.29, 0.717) is 11.8 Å². The van der Waals surface area contributed by atoms with Crippen LogP contribution in [0.2, 0.25) is 0 Å². The zero-order valence-corrected chi connectivity index (χ0v) is 19.4. The van der Waals surface area contributed by atoms with Crippen molar-refractivity contribution in [2.45, 2.75) is 69.1 Å². The second-order valence-electron chi connectivity index (χ2n) is 10.3. The monoisotopic (exact) mass is 512 g/mol. The molecule has 5 nitrogen and oxygen atoms in total. The summed E-state index contributed by atoms with van der Waals surface area (Å²) in [4.78, 5) is 13.1. The first-order valence-electron chi connectivity index (χ1n) is 11.1. The lowest BCUT2D eigenvalue weighted by molar-refractivity contribution is -0.143. The molecule has 0 aliphatic heterocycles. The van der Waals surface area contributed by atoms with Crippen LogP contribution in [0.1, 0.15) is 57.1 Å². The number of sulfonamides is 1. The topological polar surface area (TPSA) is 75.3 Å². The van der Waals surface area contributed by atoms with Crippen LogP contribution in [0.25, 0.3) is 0 Å². The Labute approximate surface area is 193 Å². The first kappa shape index (κ1) is 25.1. The Bertz CT molecular complexity index is 1020. The molecule has 0 atom stereocenters. The largest absolute Gasteiger partial charge is 0.416 e. The Morgan fingerprint density at radius 2 is 1.26 bits per heavy atom. The zero-order valence-electron chi connectivity index (χ0n) is 18.6. The predicted octanol–water partition coefficient (Wildman–Crippen LogP) is 5.19. The Morgan fingerprint density at radius 3 is 1.68 bits per heavy atom. The van der Waals surface area contributed by atoms with Gasteiger partial charge in [0, 0.05) is 11.7 Å². The van der Waals surface area contributed by atoms with Gasteiger partial charge in [-0.3, -0.25) is 9.52 Å². The van der Waals surface area contributed by atoms with Crippen LogP contribution in [-0.4, -0.2) is 25.1 Å². The van der Waals surface area contributed by atoms with E-state index >= 15 is 0 Å². The van der Waals surface area contributed by atoms with E-state index in [2.05, 4.69) is 5.32 Å². The molecule has 1 amide bonds. The number of carbonyl (C=O) groups is 1. The standard InChI is InChI=1S/C22H26F6N2O3S/c1-20(2,19(31)29-18-13-4-11-3-12(6-13)7-14(18)5-11)34(32,33)30-17-9-15(21(23,24)25)8-16(10-17)22(26,27)28/h8-14,18,30H,3-7H2,1-2H3,(H,29,31). The molecule has 0 unspecified atom stereocenters. The minimum Gasteiger partial charge on any atom is -0.351 e. The van der Waals surface area contributed by atoms with Crippen molar-refractivity contribution in [3.05, 3.63) is 29.3 Å². The van der Waals surface area contributed by atoms with Crippen molar-refractivity contribution >= 4 is 21.6 Å². The molecular formula is C22H26F6N2O3S. The van der Waals surface area contributed by atoms with Crippen molar-refractivity contribution in [3.63, 3.8) is 0 Å². The Kier molecular flexibility index (Phi) is 5.93. The van der Waals surface area contributed by atoms with Gasteiger partial charge in [-0.15, -0.1) is 0 Å². The van der Waals surface area contributed by atoms with E-state index in [0.717, 1.165) is 39.5 Å². The first-order chi connectivity index (χ1) is 15.5. The molecule has 4 fully saturated rings. The molecule has 1 aromatic carbocycles. The number of hydrogen-bond donors (Lipinski definition) is 2. The molecule has 12 heteroatoms. The SMILES string of the molecule is CC(C)(C(=O)NC1C2CC3CC(C2)CC1C3)S(=O)(=O)Nc1cc(C(F)(F)F)cc(C(F)(F)F)c1. The third-order valence-electron chi connectivity index (χ3n) is 7.58. The summed E-state index contributed by atoms with van der Waals surface area (Å²) in [6, 6.07) is 0.277. The summed E-state index contributed by atoms with van der Waals surface area (Å²) in [7, 11) is -4.71. The molecule has 4 aliphatic rings. The second kappa shape index (κ2) is 8.03. The highest BCUT2D eigenvalue weighted by Crippen LogP contribution is 2.53. The average Bonchev–Trinajstić information content (AvgIpc) is 2.68. The highest BCUT2D eigenvalue weighted by Gasteiger charge is 2.51. The molecule has 1 aromatic rings. The van der Waals surface area contributed by atoms with E-state index in [1.54, 1.807) is 4.72 Å². The first-order valence-corrected chi connectivity index (χ1v) is 12.6. The van der Waals surface area contributed by atoms with Gasteiger partial charge in [0.1, 0.15) is 0 Å². The molecule has 0 heterocycles. The van der Waals surface area contributed by atoms with Crippen molar-refractivity contribution in [1.29, 1.82) is 0 Å². The summed E-state index contributed by atoms with van der Waals surface area (Å²) in [5, 5.41) is 2.85. The van der Waals surface area contributed by atoms with E-state index in [-0.39, 0.29) is 36.1 Å². The van der Waals surface area contributed by atoms with Gasteiger partial charge in [0.25, 0.3) is 0 Å². The number of amides is 1. The van der Waals surface area contributed by atoms with Gasteiger partial charge in [0.05, 0.1) is 11.1 Å². The average molecular weight is 513 g/mol. The van der Waals surface area contributed by atoms with Gasteiger partial charge < -0.3 is 5.32 Å². The van der Waals surface area contributed by atoms with Crippen LogP contribution in [-0.2, 0) is 27.2 Å². The van der Waals surface area contributed by atoms with Crippen molar-refractivity contribution in [2.75, 3.05) is 4.72 Å². The summed E-state index contributed by atoms with van der Waals surface area (Å²) in [6.45, 7) is 2.16. The number of carbonyl (C=O) groups excluding carboxylic acids is 1. The van der Waals surface area contributed by atoms with Crippen molar-refractivity contribution < 1.29 is 39.6 Å². The quantitative estimate of drug-likeness (QED) is 0.534. The van der Waals surface area contributed by atoms with Gasteiger partial charge >= 0.3 is 12.4 Å². The molecule has 5 rings (SSSR count). The fourth-order valence-electron chi connectivity index (χ4n) is 5.90. The lowest BCUT2D eigenvalue weighted by atomic mass is 9.54. The van der Waals surface area contributed by atoms with Crippen LogP contribution in [0.15, 0.2) is 18.2 Å². The highest BCUT2D eigenvalue weighted by molar-refractivity contribution is 7.94. The van der Waals surface area contributed by atoms with Crippen LogP contribution < -0.4 is 10.0 Å². The lowest BCUT2D eigenvalue weighted by Crippen LogP contribution is -2.60. The fraction of sp³-hybridized carbons (Fsp3) is 0.682. The van der Waals surface area contributed by atoms with Gasteiger partial charge in [-0.1, -0.05) is 0 Å². The van der Waals surface area contributed by atoms with E-state index < -0.39 is 49.8 Å². The number of anilines is 1. The second-order valence-corrected chi connectivity index (χ2v) is 12.6. The smallest absolute Gasteiger partial charge is 0.351 e. The summed E-state index contributed by atoms with van der Waals surface area (Å²) >= 11 is 0. The molecule has 34 heavy (non-hydrogen) atoms. The van der Waals surface area contributed by atoms with Gasteiger partial charge in [-0.2, -0.15) is 26.3 Å². The molecule has 0 aromatic heterocycles. The molecular weight excluding hydrogens is 486 g/mol. The maximum atomic E-state index is 13.1. The van der Waals surface area contributed by atoms with Crippen molar-refractivity contribution in [2.24, 2.45) is 23.7 Å². The van der Waals surface area contributed by atoms with Crippen molar-refractivity contribution in [1.82, 2.24) is 5.32 Å². The summed E-state index contributed by atoms with van der Waals surface area (Å²) in [5.41, 5.74) is -4.23. The normalized spacial score (nSPS) is 29.2. The fourth-order valence-corrected chi connectivity index (χ4v) is 6.89. The lowest BCUT2D eigenvalue weighted by Gasteiger charge is -2.54. The molecule has 4 bridgehead atoms. The van der Waals surface area contributed by atoms with Gasteiger partial charge in [-0.05, 0) is 87.8 Å². The number of hydrogen-bond acceptors (Lipinski definition) is 3. The number of alkyl halides is 6. The number of benzene rings is 1. The zero-order chi connectivity index (χ0) is 25.3. The third-order valence-corrected chi connectivity index (χ3v) is 9.62. The van der Waals surface area contributed by atoms with E-state index in [1.165, 1.54) is 6.42 Å². The van der Waals surface area contributed by atoms with Crippen LogP contribution in [0.5, 0.6) is 0 Å². The van der Waals surface area contributed by atoms with Crippen LogP contribution in [0.3, 0.4) is 0 Å². The van der Waals surface area contributed by atoms with E-state index in [1.807, 2.05) is 0 Å². The molecule has 0 radical (unpaired) electrons. The molecule has 190 valence electrons. The molecule has 2 N–H and O–H groups in total. The Morgan fingerprint density at radius 1 is 0.824 bits per heavy atom. The van der Waals surface area contributed by atoms with E-state index in [4.69, 9.17) is 0 Å². The minimum atomic E-state index is -5.13. The third kappa shape index (κ3) is 4.61. The molecule has 0 saturated heterocycles. The summed E-state index contributed by atoms with van der Waals surface area (Å²) in [6.07, 6.45) is -5.21. The predicted molar refractivity (Wildman–Crippen MR) is 112 cm³/mol. The number of nitrogens with one attached hydrogen (secondary N) is 2. The Balaban J connectivity index is 1.56. The molecule has 4 saturated carbocycles. The highest BCUT2D eigenvalue weighted by atomic mass is 32.2. The maximum Gasteiger partial charge on any atom is 0.416 e. The minimum absolute atomic E-state index is 0.0952. The summed E-state index contributed by atoms with van der Waals surface area (Å²) in [5.74, 6) is 0.921. The van der Waals surface area contributed by atoms with Crippen LogP contribution in [0, 0.1) is 23.7 Å². The number of rotatable bonds is 5.